The Balaban J connectivity index is 1.44. The van der Waals surface area contributed by atoms with Crippen molar-refractivity contribution in [1.29, 1.82) is 0 Å². The van der Waals surface area contributed by atoms with Crippen molar-refractivity contribution in [2.75, 3.05) is 38.0 Å². The number of piperazine rings is 1. The summed E-state index contributed by atoms with van der Waals surface area (Å²) in [6.07, 6.45) is 1.63. The number of likely N-dealkylation sites (N-methyl/N-ethyl adjacent to an activating group) is 1. The normalized spacial score (nSPS) is 19.4. The van der Waals surface area contributed by atoms with Crippen molar-refractivity contribution in [3.8, 4) is 0 Å². The minimum atomic E-state index is -3.51. The Morgan fingerprint density at radius 3 is 2.13 bits per heavy atom. The molecule has 1 aliphatic heterocycles. The topological polar surface area (TPSA) is 69.7 Å². The lowest BCUT2D eigenvalue weighted by Crippen LogP contribution is -2.48. The Bertz CT molecular complexity index is 1010. The Kier molecular flexibility index (Phi) is 6.03. The van der Waals surface area contributed by atoms with Gasteiger partial charge in [0.25, 0.3) is 0 Å². The smallest absolute Gasteiger partial charge is 0.243 e. The fourth-order valence-electron chi connectivity index (χ4n) is 3.94. The molecule has 8 heteroatoms. The van der Waals surface area contributed by atoms with Crippen LogP contribution in [0.2, 0.25) is 0 Å². The number of sulfonamides is 1. The maximum Gasteiger partial charge on any atom is 0.243 e. The zero-order valence-corrected chi connectivity index (χ0v) is 19.4. The zero-order chi connectivity index (χ0) is 21.4. The molecular formula is C22H26BrN3O3S. The van der Waals surface area contributed by atoms with Crippen molar-refractivity contribution in [2.24, 2.45) is 0 Å². The van der Waals surface area contributed by atoms with Crippen LogP contribution in [-0.2, 0) is 20.2 Å². The standard InChI is InChI=1S/C22H26BrN3O3S/c1-2-25-13-15-26(16-14-25)30(28,29)20-9-7-19(8-10-20)24-21(27)22(11-12-22)17-3-5-18(23)6-4-17/h3-10H,2,11-16H2,1H3,(H,24,27). The van der Waals surface area contributed by atoms with Gasteiger partial charge in [-0.3, -0.25) is 4.79 Å². The van der Waals surface area contributed by atoms with E-state index in [1.54, 1.807) is 28.6 Å². The molecule has 6 nitrogen and oxygen atoms in total. The number of anilines is 1. The van der Waals surface area contributed by atoms with Gasteiger partial charge < -0.3 is 10.2 Å². The molecule has 2 aromatic rings. The van der Waals surface area contributed by atoms with Crippen LogP contribution in [0.15, 0.2) is 57.9 Å². The highest BCUT2D eigenvalue weighted by molar-refractivity contribution is 9.10. The number of nitrogens with zero attached hydrogens (tertiary/aromatic N) is 2. The summed E-state index contributed by atoms with van der Waals surface area (Å²) >= 11 is 3.43. The highest BCUT2D eigenvalue weighted by atomic mass is 79.9. The van der Waals surface area contributed by atoms with E-state index in [1.807, 2.05) is 24.3 Å². The van der Waals surface area contributed by atoms with Gasteiger partial charge in [0.05, 0.1) is 10.3 Å². The second kappa shape index (κ2) is 8.42. The molecule has 0 atom stereocenters. The van der Waals surface area contributed by atoms with E-state index in [9.17, 15) is 13.2 Å². The van der Waals surface area contributed by atoms with E-state index in [1.165, 1.54) is 0 Å². The Labute approximate surface area is 186 Å². The highest BCUT2D eigenvalue weighted by Gasteiger charge is 2.51. The minimum absolute atomic E-state index is 0.0453. The number of hydrogen-bond donors (Lipinski definition) is 1. The van der Waals surface area contributed by atoms with E-state index < -0.39 is 15.4 Å². The fraction of sp³-hybridized carbons (Fsp3) is 0.409. The van der Waals surface area contributed by atoms with Crippen molar-refractivity contribution in [3.63, 3.8) is 0 Å². The van der Waals surface area contributed by atoms with Crippen molar-refractivity contribution < 1.29 is 13.2 Å². The summed E-state index contributed by atoms with van der Waals surface area (Å²) < 4.78 is 28.4. The van der Waals surface area contributed by atoms with Crippen molar-refractivity contribution in [2.45, 2.75) is 30.1 Å². The number of amides is 1. The average molecular weight is 492 g/mol. The van der Waals surface area contributed by atoms with Crippen LogP contribution in [-0.4, -0.2) is 56.3 Å². The molecule has 1 N–H and O–H groups in total. The third-order valence-corrected chi connectivity index (χ3v) is 8.55. The molecule has 1 heterocycles. The Morgan fingerprint density at radius 2 is 1.60 bits per heavy atom. The molecule has 0 radical (unpaired) electrons. The molecule has 2 aliphatic rings. The summed E-state index contributed by atoms with van der Waals surface area (Å²) in [6.45, 7) is 5.53. The van der Waals surface area contributed by atoms with Crippen LogP contribution < -0.4 is 5.32 Å². The van der Waals surface area contributed by atoms with Gasteiger partial charge in [-0.2, -0.15) is 4.31 Å². The summed E-state index contributed by atoms with van der Waals surface area (Å²) in [5.74, 6) is -0.0453. The van der Waals surface area contributed by atoms with E-state index in [4.69, 9.17) is 0 Å². The van der Waals surface area contributed by atoms with Crippen LogP contribution in [0.1, 0.15) is 25.3 Å². The Morgan fingerprint density at radius 1 is 1.00 bits per heavy atom. The van der Waals surface area contributed by atoms with E-state index in [-0.39, 0.29) is 10.8 Å². The molecule has 1 aliphatic carbocycles. The predicted octanol–water partition coefficient (Wildman–Crippen LogP) is 3.45. The molecule has 4 rings (SSSR count). The van der Waals surface area contributed by atoms with Crippen LogP contribution in [0.4, 0.5) is 5.69 Å². The molecule has 0 bridgehead atoms. The molecule has 0 aromatic heterocycles. The molecule has 0 spiro atoms. The number of carbonyl (C=O) groups is 1. The third kappa shape index (κ3) is 4.19. The number of halogens is 1. The molecule has 1 saturated carbocycles. The van der Waals surface area contributed by atoms with Gasteiger partial charge in [0, 0.05) is 36.3 Å². The van der Waals surface area contributed by atoms with Crippen LogP contribution in [0.5, 0.6) is 0 Å². The third-order valence-electron chi connectivity index (χ3n) is 6.11. The molecule has 0 unspecified atom stereocenters. The first-order valence-electron chi connectivity index (χ1n) is 10.3. The van der Waals surface area contributed by atoms with Crippen LogP contribution in [0.3, 0.4) is 0 Å². The molecule has 30 heavy (non-hydrogen) atoms. The number of carbonyl (C=O) groups excluding carboxylic acids is 1. The zero-order valence-electron chi connectivity index (χ0n) is 17.0. The summed E-state index contributed by atoms with van der Waals surface area (Å²) in [7, 11) is -3.51. The van der Waals surface area contributed by atoms with E-state index >= 15 is 0 Å². The lowest BCUT2D eigenvalue weighted by Gasteiger charge is -2.33. The lowest BCUT2D eigenvalue weighted by molar-refractivity contribution is -0.118. The largest absolute Gasteiger partial charge is 0.325 e. The molecule has 2 fully saturated rings. The van der Waals surface area contributed by atoms with Gasteiger partial charge >= 0.3 is 0 Å². The van der Waals surface area contributed by atoms with Crippen molar-refractivity contribution in [1.82, 2.24) is 9.21 Å². The number of nitrogens with one attached hydrogen (secondary N) is 1. The van der Waals surface area contributed by atoms with Gasteiger partial charge in [0.1, 0.15) is 0 Å². The van der Waals surface area contributed by atoms with Crippen molar-refractivity contribution >= 4 is 37.5 Å². The average Bonchev–Trinajstić information content (AvgIpc) is 3.57. The summed E-state index contributed by atoms with van der Waals surface area (Å²) in [4.78, 5) is 15.4. The van der Waals surface area contributed by atoms with E-state index in [2.05, 4.69) is 33.1 Å². The summed E-state index contributed by atoms with van der Waals surface area (Å²) in [6, 6.07) is 14.3. The van der Waals surface area contributed by atoms with Gasteiger partial charge in [-0.05, 0) is 61.3 Å². The predicted molar refractivity (Wildman–Crippen MR) is 121 cm³/mol. The van der Waals surface area contributed by atoms with Gasteiger partial charge in [0.2, 0.25) is 15.9 Å². The monoisotopic (exact) mass is 491 g/mol. The first kappa shape index (κ1) is 21.5. The fourth-order valence-corrected chi connectivity index (χ4v) is 5.62. The van der Waals surface area contributed by atoms with Gasteiger partial charge in [-0.15, -0.1) is 0 Å². The highest BCUT2D eigenvalue weighted by Crippen LogP contribution is 2.49. The van der Waals surface area contributed by atoms with Gasteiger partial charge in [-0.1, -0.05) is 35.0 Å². The SMILES string of the molecule is CCN1CCN(S(=O)(=O)c2ccc(NC(=O)C3(c4ccc(Br)cc4)CC3)cc2)CC1. The molecule has 160 valence electrons. The summed E-state index contributed by atoms with van der Waals surface area (Å²) in [5, 5.41) is 2.96. The van der Waals surface area contributed by atoms with E-state index in [0.29, 0.717) is 18.8 Å². The first-order valence-corrected chi connectivity index (χ1v) is 12.5. The van der Waals surface area contributed by atoms with Crippen LogP contribution in [0, 0.1) is 0 Å². The molecule has 1 saturated heterocycles. The van der Waals surface area contributed by atoms with Gasteiger partial charge in [0.15, 0.2) is 0 Å². The van der Waals surface area contributed by atoms with Gasteiger partial charge in [-0.25, -0.2) is 8.42 Å². The van der Waals surface area contributed by atoms with Crippen LogP contribution >= 0.6 is 15.9 Å². The second-order valence-corrected chi connectivity index (χ2v) is 10.8. The second-order valence-electron chi connectivity index (χ2n) is 7.91. The first-order chi connectivity index (χ1) is 14.3. The summed E-state index contributed by atoms with van der Waals surface area (Å²) in [5.41, 5.74) is 1.14. The van der Waals surface area contributed by atoms with Crippen molar-refractivity contribution in [3.05, 3.63) is 58.6 Å². The number of rotatable bonds is 6. The molecular weight excluding hydrogens is 466 g/mol. The molecule has 2 aromatic carbocycles. The number of benzene rings is 2. The quantitative estimate of drug-likeness (QED) is 0.671. The lowest BCUT2D eigenvalue weighted by atomic mass is 9.95. The maximum absolute atomic E-state index is 12.9. The molecule has 1 amide bonds. The minimum Gasteiger partial charge on any atom is -0.325 e. The van der Waals surface area contributed by atoms with Crippen LogP contribution in [0.25, 0.3) is 0 Å². The Hall–Kier alpha value is -1.74. The number of hydrogen-bond acceptors (Lipinski definition) is 4. The van der Waals surface area contributed by atoms with E-state index in [0.717, 1.165) is 42.5 Å². The maximum atomic E-state index is 12.9.